The number of ether oxygens (including phenoxy) is 1. The van der Waals surface area contributed by atoms with Crippen LogP contribution in [0.1, 0.15) is 18.0 Å². The summed E-state index contributed by atoms with van der Waals surface area (Å²) in [5, 5.41) is 4.30. The van der Waals surface area contributed by atoms with Crippen molar-refractivity contribution in [3.05, 3.63) is 53.0 Å². The van der Waals surface area contributed by atoms with Crippen molar-refractivity contribution < 1.29 is 9.15 Å². The summed E-state index contributed by atoms with van der Waals surface area (Å²) in [7, 11) is 0. The Labute approximate surface area is 144 Å². The average Bonchev–Trinajstić information content (AvgIpc) is 3.35. The third kappa shape index (κ3) is 2.42. The van der Waals surface area contributed by atoms with Gasteiger partial charge in [-0.1, -0.05) is 0 Å². The highest BCUT2D eigenvalue weighted by Crippen LogP contribution is 2.36. The van der Waals surface area contributed by atoms with Crippen molar-refractivity contribution in [1.29, 1.82) is 0 Å². The molecule has 6 heteroatoms. The SMILES string of the molecule is c1coc(CN2CC[C@]3(C2)Cn2c(-c4ccsc4)cnc2CO3)c1. The summed E-state index contributed by atoms with van der Waals surface area (Å²) in [6.07, 6.45) is 4.77. The van der Waals surface area contributed by atoms with Crippen molar-refractivity contribution in [3.63, 3.8) is 0 Å². The van der Waals surface area contributed by atoms with Crippen LogP contribution in [-0.2, 0) is 24.4 Å². The molecule has 0 N–H and O–H groups in total. The van der Waals surface area contributed by atoms with Crippen LogP contribution in [0, 0.1) is 0 Å². The molecular formula is C18H19N3O2S. The second-order valence-corrected chi connectivity index (χ2v) is 7.45. The third-order valence-corrected chi connectivity index (χ3v) is 5.75. The van der Waals surface area contributed by atoms with Crippen LogP contribution in [0.4, 0.5) is 0 Å². The number of hydrogen-bond donors (Lipinski definition) is 0. The Balaban J connectivity index is 1.38. The van der Waals surface area contributed by atoms with E-state index in [2.05, 4.69) is 31.3 Å². The molecular weight excluding hydrogens is 322 g/mol. The van der Waals surface area contributed by atoms with Crippen molar-refractivity contribution in [1.82, 2.24) is 14.5 Å². The molecule has 0 radical (unpaired) electrons. The van der Waals surface area contributed by atoms with Crippen molar-refractivity contribution in [3.8, 4) is 11.3 Å². The van der Waals surface area contributed by atoms with Gasteiger partial charge in [-0.15, -0.1) is 0 Å². The number of fused-ring (bicyclic) bond motifs is 1. The van der Waals surface area contributed by atoms with E-state index in [1.54, 1.807) is 17.6 Å². The van der Waals surface area contributed by atoms with Gasteiger partial charge in [-0.25, -0.2) is 4.98 Å². The Morgan fingerprint density at radius 3 is 3.12 bits per heavy atom. The first-order valence-electron chi connectivity index (χ1n) is 8.27. The molecule has 1 spiro atoms. The molecule has 1 atom stereocenters. The predicted octanol–water partition coefficient (Wildman–Crippen LogP) is 3.38. The molecule has 1 saturated heterocycles. The molecule has 3 aromatic rings. The van der Waals surface area contributed by atoms with Crippen LogP contribution >= 0.6 is 11.3 Å². The number of likely N-dealkylation sites (tertiary alicyclic amines) is 1. The molecule has 0 bridgehead atoms. The zero-order valence-electron chi connectivity index (χ0n) is 13.4. The molecule has 5 rings (SSSR count). The minimum Gasteiger partial charge on any atom is -0.468 e. The van der Waals surface area contributed by atoms with Gasteiger partial charge in [0, 0.05) is 24.0 Å². The van der Waals surface area contributed by atoms with E-state index in [1.807, 2.05) is 18.3 Å². The smallest absolute Gasteiger partial charge is 0.135 e. The summed E-state index contributed by atoms with van der Waals surface area (Å²) < 4.78 is 14.1. The largest absolute Gasteiger partial charge is 0.468 e. The zero-order valence-corrected chi connectivity index (χ0v) is 14.2. The van der Waals surface area contributed by atoms with E-state index in [4.69, 9.17) is 9.15 Å². The van der Waals surface area contributed by atoms with Crippen molar-refractivity contribution in [2.45, 2.75) is 31.7 Å². The summed E-state index contributed by atoms with van der Waals surface area (Å²) in [6.45, 7) is 4.31. The lowest BCUT2D eigenvalue weighted by atomic mass is 10.0. The van der Waals surface area contributed by atoms with Gasteiger partial charge in [0.05, 0.1) is 31.2 Å². The Bertz CT molecular complexity index is 825. The standard InChI is InChI=1S/C18H19N3O2S/c1-2-15(22-6-1)9-20-5-4-18(12-20)13-21-16(14-3-7-24-11-14)8-19-17(21)10-23-18/h1-3,6-8,11H,4-5,9-10,12-13H2/t18-/m0/s1. The monoisotopic (exact) mass is 341 g/mol. The van der Waals surface area contributed by atoms with E-state index in [-0.39, 0.29) is 5.60 Å². The maximum atomic E-state index is 6.28. The van der Waals surface area contributed by atoms with E-state index in [0.29, 0.717) is 6.61 Å². The number of rotatable bonds is 3. The maximum absolute atomic E-state index is 6.28. The van der Waals surface area contributed by atoms with E-state index in [1.165, 1.54) is 11.3 Å². The van der Waals surface area contributed by atoms with Gasteiger partial charge in [-0.3, -0.25) is 4.90 Å². The molecule has 0 amide bonds. The van der Waals surface area contributed by atoms with E-state index in [9.17, 15) is 0 Å². The molecule has 2 aliphatic heterocycles. The number of hydrogen-bond acceptors (Lipinski definition) is 5. The van der Waals surface area contributed by atoms with Crippen LogP contribution < -0.4 is 0 Å². The lowest BCUT2D eigenvalue weighted by Crippen LogP contribution is -2.44. The molecule has 5 heterocycles. The first-order chi connectivity index (χ1) is 11.8. The highest BCUT2D eigenvalue weighted by atomic mass is 32.1. The normalized spacial score (nSPS) is 23.8. The van der Waals surface area contributed by atoms with Gasteiger partial charge < -0.3 is 13.7 Å². The Hall–Kier alpha value is -1.89. The van der Waals surface area contributed by atoms with Gasteiger partial charge in [0.15, 0.2) is 0 Å². The summed E-state index contributed by atoms with van der Waals surface area (Å²) in [4.78, 5) is 6.98. The molecule has 124 valence electrons. The quantitative estimate of drug-likeness (QED) is 0.732. The van der Waals surface area contributed by atoms with Crippen LogP contribution in [-0.4, -0.2) is 33.1 Å². The van der Waals surface area contributed by atoms with Gasteiger partial charge in [0.2, 0.25) is 0 Å². The molecule has 3 aromatic heterocycles. The second-order valence-electron chi connectivity index (χ2n) is 6.67. The number of aromatic nitrogens is 2. The summed E-state index contributed by atoms with van der Waals surface area (Å²) in [5.41, 5.74) is 2.35. The number of imidazole rings is 1. The number of thiophene rings is 1. The minimum absolute atomic E-state index is 0.106. The number of nitrogens with zero attached hydrogens (tertiary/aromatic N) is 3. The lowest BCUT2D eigenvalue weighted by molar-refractivity contribution is -0.0823. The molecule has 0 saturated carbocycles. The van der Waals surface area contributed by atoms with Gasteiger partial charge in [-0.2, -0.15) is 11.3 Å². The van der Waals surface area contributed by atoms with Gasteiger partial charge >= 0.3 is 0 Å². The molecule has 2 aliphatic rings. The maximum Gasteiger partial charge on any atom is 0.135 e. The van der Waals surface area contributed by atoms with Crippen LogP contribution in [0.5, 0.6) is 0 Å². The van der Waals surface area contributed by atoms with Gasteiger partial charge in [-0.05, 0) is 30.0 Å². The van der Waals surface area contributed by atoms with E-state index < -0.39 is 0 Å². The van der Waals surface area contributed by atoms with Crippen molar-refractivity contribution >= 4 is 11.3 Å². The van der Waals surface area contributed by atoms with Crippen LogP contribution in [0.2, 0.25) is 0 Å². The van der Waals surface area contributed by atoms with E-state index >= 15 is 0 Å². The van der Waals surface area contributed by atoms with Crippen LogP contribution in [0.3, 0.4) is 0 Å². The predicted molar refractivity (Wildman–Crippen MR) is 91.7 cm³/mol. The Kier molecular flexibility index (Phi) is 3.36. The minimum atomic E-state index is -0.106. The zero-order chi connectivity index (χ0) is 16.0. The van der Waals surface area contributed by atoms with E-state index in [0.717, 1.165) is 44.2 Å². The highest BCUT2D eigenvalue weighted by molar-refractivity contribution is 7.08. The lowest BCUT2D eigenvalue weighted by Gasteiger charge is -2.35. The fourth-order valence-corrected chi connectivity index (χ4v) is 4.48. The molecule has 0 aromatic carbocycles. The first kappa shape index (κ1) is 14.5. The van der Waals surface area contributed by atoms with Gasteiger partial charge in [0.1, 0.15) is 23.8 Å². The molecule has 5 nitrogen and oxygen atoms in total. The highest BCUT2D eigenvalue weighted by Gasteiger charge is 2.43. The third-order valence-electron chi connectivity index (χ3n) is 5.06. The Morgan fingerprint density at radius 2 is 2.29 bits per heavy atom. The summed E-state index contributed by atoms with van der Waals surface area (Å²) in [6, 6.07) is 6.15. The van der Waals surface area contributed by atoms with Crippen molar-refractivity contribution in [2.24, 2.45) is 0 Å². The second kappa shape index (κ2) is 5.58. The van der Waals surface area contributed by atoms with Gasteiger partial charge in [0.25, 0.3) is 0 Å². The fraction of sp³-hybridized carbons (Fsp3) is 0.389. The summed E-state index contributed by atoms with van der Waals surface area (Å²) in [5.74, 6) is 2.05. The molecule has 0 aliphatic carbocycles. The van der Waals surface area contributed by atoms with Crippen molar-refractivity contribution in [2.75, 3.05) is 13.1 Å². The molecule has 1 fully saturated rings. The van der Waals surface area contributed by atoms with Crippen LogP contribution in [0.15, 0.2) is 45.8 Å². The number of furan rings is 1. The average molecular weight is 341 g/mol. The topological polar surface area (TPSA) is 43.4 Å². The molecule has 24 heavy (non-hydrogen) atoms. The summed E-state index contributed by atoms with van der Waals surface area (Å²) >= 11 is 1.72. The van der Waals surface area contributed by atoms with Crippen LogP contribution in [0.25, 0.3) is 11.3 Å². The fourth-order valence-electron chi connectivity index (χ4n) is 3.83. The molecule has 0 unspecified atom stereocenters. The Morgan fingerprint density at radius 1 is 1.29 bits per heavy atom. The first-order valence-corrected chi connectivity index (χ1v) is 9.21.